The zero-order valence-electron chi connectivity index (χ0n) is 16.6. The first-order valence-electron chi connectivity index (χ1n) is 9.42. The number of hydrogen-bond acceptors (Lipinski definition) is 4. The van der Waals surface area contributed by atoms with E-state index in [2.05, 4.69) is 27.9 Å². The Hall–Kier alpha value is -2.18. The monoisotopic (exact) mass is 366 g/mol. The van der Waals surface area contributed by atoms with Gasteiger partial charge in [-0.3, -0.25) is 4.99 Å². The van der Waals surface area contributed by atoms with E-state index in [0.717, 1.165) is 50.5 Å². The second-order valence-corrected chi connectivity index (χ2v) is 7.05. The van der Waals surface area contributed by atoms with Crippen molar-refractivity contribution in [3.8, 4) is 0 Å². The lowest BCUT2D eigenvalue weighted by atomic mass is 10.2. The van der Waals surface area contributed by atoms with Crippen LogP contribution in [0.5, 0.6) is 0 Å². The zero-order valence-corrected chi connectivity index (χ0v) is 16.6. The molecule has 0 aliphatic carbocycles. The molecule has 26 heavy (non-hydrogen) atoms. The van der Waals surface area contributed by atoms with Crippen LogP contribution in [0.1, 0.15) is 52.7 Å². The summed E-state index contributed by atoms with van der Waals surface area (Å²) in [6, 6.07) is 3.85. The number of furan rings is 1. The molecule has 0 fully saturated rings. The molecule has 0 atom stereocenters. The third-order valence-electron chi connectivity index (χ3n) is 3.34. The Bertz CT molecular complexity index is 521. The van der Waals surface area contributed by atoms with Crippen LogP contribution in [0.25, 0.3) is 0 Å². The van der Waals surface area contributed by atoms with Gasteiger partial charge in [0.25, 0.3) is 0 Å². The van der Waals surface area contributed by atoms with Gasteiger partial charge in [-0.2, -0.15) is 0 Å². The molecule has 1 amide bonds. The summed E-state index contributed by atoms with van der Waals surface area (Å²) in [6.07, 6.45) is 5.08. The molecule has 0 aliphatic heterocycles. The Balaban J connectivity index is 2.29. The summed E-state index contributed by atoms with van der Waals surface area (Å²) in [7, 11) is 0. The van der Waals surface area contributed by atoms with Gasteiger partial charge in [0.05, 0.1) is 6.26 Å². The average Bonchev–Trinajstić information content (AvgIpc) is 3.06. The van der Waals surface area contributed by atoms with Crippen molar-refractivity contribution in [2.24, 2.45) is 4.99 Å². The highest BCUT2D eigenvalue weighted by molar-refractivity contribution is 5.79. The third kappa shape index (κ3) is 11.4. The largest absolute Gasteiger partial charge is 0.469 e. The van der Waals surface area contributed by atoms with E-state index in [-0.39, 0.29) is 6.09 Å². The smallest absolute Gasteiger partial charge is 0.407 e. The number of ether oxygens (including phenoxy) is 1. The maximum atomic E-state index is 11.6. The quantitative estimate of drug-likeness (QED) is 0.336. The minimum Gasteiger partial charge on any atom is -0.469 e. The van der Waals surface area contributed by atoms with Gasteiger partial charge in [0.1, 0.15) is 11.4 Å². The molecule has 0 saturated carbocycles. The number of hydrogen-bond donors (Lipinski definition) is 3. The van der Waals surface area contributed by atoms with Crippen molar-refractivity contribution in [3.63, 3.8) is 0 Å². The first-order chi connectivity index (χ1) is 12.4. The Morgan fingerprint density at radius 1 is 1.15 bits per heavy atom. The summed E-state index contributed by atoms with van der Waals surface area (Å²) in [5.74, 6) is 1.74. The first-order valence-corrected chi connectivity index (χ1v) is 9.42. The Morgan fingerprint density at radius 3 is 2.54 bits per heavy atom. The topological polar surface area (TPSA) is 87.9 Å². The molecule has 1 aromatic heterocycles. The molecule has 0 bridgehead atoms. The highest BCUT2D eigenvalue weighted by Gasteiger charge is 2.15. The van der Waals surface area contributed by atoms with Crippen LogP contribution in [0.4, 0.5) is 4.79 Å². The fraction of sp³-hybridized carbons (Fsp3) is 0.684. The number of unbranched alkanes of at least 4 members (excludes halogenated alkanes) is 1. The van der Waals surface area contributed by atoms with Gasteiger partial charge in [0.2, 0.25) is 0 Å². The summed E-state index contributed by atoms with van der Waals surface area (Å²) in [6.45, 7) is 10.5. The third-order valence-corrected chi connectivity index (χ3v) is 3.34. The van der Waals surface area contributed by atoms with Crippen molar-refractivity contribution >= 4 is 12.1 Å². The fourth-order valence-electron chi connectivity index (χ4n) is 2.09. The van der Waals surface area contributed by atoms with Crippen molar-refractivity contribution in [1.29, 1.82) is 0 Å². The first kappa shape index (κ1) is 21.9. The van der Waals surface area contributed by atoms with Gasteiger partial charge in [-0.1, -0.05) is 13.3 Å². The van der Waals surface area contributed by atoms with Crippen LogP contribution < -0.4 is 16.0 Å². The number of nitrogens with one attached hydrogen (secondary N) is 3. The van der Waals surface area contributed by atoms with Crippen LogP contribution in [0.2, 0.25) is 0 Å². The van der Waals surface area contributed by atoms with Crippen LogP contribution in [-0.4, -0.2) is 43.8 Å². The number of amides is 1. The van der Waals surface area contributed by atoms with Gasteiger partial charge < -0.3 is 25.1 Å². The second-order valence-electron chi connectivity index (χ2n) is 7.05. The number of rotatable bonds is 10. The predicted octanol–water partition coefficient (Wildman–Crippen LogP) is 3.07. The van der Waals surface area contributed by atoms with Crippen LogP contribution in [0, 0.1) is 0 Å². The van der Waals surface area contributed by atoms with E-state index in [0.29, 0.717) is 13.1 Å². The van der Waals surface area contributed by atoms with Gasteiger partial charge >= 0.3 is 6.09 Å². The fourth-order valence-corrected chi connectivity index (χ4v) is 2.09. The average molecular weight is 367 g/mol. The van der Waals surface area contributed by atoms with E-state index in [9.17, 15) is 4.79 Å². The predicted molar refractivity (Wildman–Crippen MR) is 104 cm³/mol. The highest BCUT2D eigenvalue weighted by atomic mass is 16.6. The van der Waals surface area contributed by atoms with Gasteiger partial charge in [-0.15, -0.1) is 0 Å². The van der Waals surface area contributed by atoms with E-state index in [1.165, 1.54) is 0 Å². The van der Waals surface area contributed by atoms with Gasteiger partial charge in [0.15, 0.2) is 5.96 Å². The number of aliphatic imine (C=N–C) groups is 1. The second kappa shape index (κ2) is 12.2. The molecule has 0 unspecified atom stereocenters. The Morgan fingerprint density at radius 2 is 1.88 bits per heavy atom. The number of nitrogens with zero attached hydrogens (tertiary/aromatic N) is 1. The van der Waals surface area contributed by atoms with Crippen molar-refractivity contribution < 1.29 is 13.9 Å². The lowest BCUT2D eigenvalue weighted by Gasteiger charge is -2.19. The maximum absolute atomic E-state index is 11.6. The molecule has 1 rings (SSSR count). The summed E-state index contributed by atoms with van der Waals surface area (Å²) in [5, 5.41) is 9.39. The molecule has 148 valence electrons. The van der Waals surface area contributed by atoms with Crippen molar-refractivity contribution in [3.05, 3.63) is 24.2 Å². The molecule has 7 heteroatoms. The molecule has 0 aliphatic rings. The van der Waals surface area contributed by atoms with Crippen molar-refractivity contribution in [2.75, 3.05) is 26.2 Å². The molecule has 0 saturated heterocycles. The highest BCUT2D eigenvalue weighted by Crippen LogP contribution is 2.06. The zero-order chi connectivity index (χ0) is 19.3. The van der Waals surface area contributed by atoms with E-state index in [1.54, 1.807) is 6.26 Å². The molecule has 0 radical (unpaired) electrons. The number of alkyl carbamates (subject to hydrolysis) is 1. The molecule has 3 N–H and O–H groups in total. The van der Waals surface area contributed by atoms with Gasteiger partial charge in [-0.05, 0) is 45.7 Å². The van der Waals surface area contributed by atoms with Crippen LogP contribution in [0.15, 0.2) is 27.8 Å². The van der Waals surface area contributed by atoms with Crippen LogP contribution in [-0.2, 0) is 11.2 Å². The lowest BCUT2D eigenvalue weighted by Crippen LogP contribution is -2.39. The van der Waals surface area contributed by atoms with Gasteiger partial charge in [0, 0.05) is 32.6 Å². The van der Waals surface area contributed by atoms with E-state index in [4.69, 9.17) is 9.15 Å². The summed E-state index contributed by atoms with van der Waals surface area (Å²) >= 11 is 0. The van der Waals surface area contributed by atoms with Crippen molar-refractivity contribution in [1.82, 2.24) is 16.0 Å². The van der Waals surface area contributed by atoms with E-state index in [1.807, 2.05) is 32.9 Å². The molecular weight excluding hydrogens is 332 g/mol. The van der Waals surface area contributed by atoms with Crippen LogP contribution >= 0.6 is 0 Å². The maximum Gasteiger partial charge on any atom is 0.407 e. The molecule has 1 aromatic rings. The minimum absolute atomic E-state index is 0.389. The van der Waals surface area contributed by atoms with Crippen LogP contribution in [0.3, 0.4) is 0 Å². The standard InChI is InChI=1S/C19H34N4O3/c1-5-6-11-20-17(22-14-10-16-9-7-15-25-16)21-12-8-13-23-18(24)26-19(2,3)4/h7,9,15H,5-6,8,10-14H2,1-4H3,(H,23,24)(H2,20,21,22). The lowest BCUT2D eigenvalue weighted by molar-refractivity contribution is 0.0527. The molecule has 7 nitrogen and oxygen atoms in total. The van der Waals surface area contributed by atoms with Gasteiger partial charge in [-0.25, -0.2) is 4.79 Å². The summed E-state index contributed by atoms with van der Waals surface area (Å²) in [5.41, 5.74) is -0.476. The normalized spacial score (nSPS) is 11.9. The number of guanidine groups is 1. The number of carbonyl (C=O) groups excluding carboxylic acids is 1. The summed E-state index contributed by atoms with van der Waals surface area (Å²) < 4.78 is 10.5. The molecule has 0 spiro atoms. The van der Waals surface area contributed by atoms with E-state index < -0.39 is 5.60 Å². The molecule has 1 heterocycles. The Labute approximate surface area is 157 Å². The minimum atomic E-state index is -0.476. The summed E-state index contributed by atoms with van der Waals surface area (Å²) in [4.78, 5) is 16.1. The SMILES string of the molecule is CCCCNC(=NCCCNC(=O)OC(C)(C)C)NCCc1ccco1. The molecule has 0 aromatic carbocycles. The number of carbonyl (C=O) groups is 1. The Kier molecular flexibility index (Phi) is 10.3. The van der Waals surface area contributed by atoms with E-state index >= 15 is 0 Å². The van der Waals surface area contributed by atoms with Crippen molar-refractivity contribution in [2.45, 2.75) is 59.0 Å². The molecular formula is C19H34N4O3.